The summed E-state index contributed by atoms with van der Waals surface area (Å²) in [6, 6.07) is 13.8. The van der Waals surface area contributed by atoms with Crippen molar-refractivity contribution >= 4 is 22.9 Å². The van der Waals surface area contributed by atoms with Crippen molar-refractivity contribution in [2.24, 2.45) is 0 Å². The number of nitrogens with one attached hydrogen (secondary N) is 1. The molecule has 0 radical (unpaired) electrons. The molecule has 1 aromatic heterocycles. The minimum Gasteiger partial charge on any atom is -0.467 e. The molecule has 0 unspecified atom stereocenters. The Hall–Kier alpha value is -3.03. The van der Waals surface area contributed by atoms with Gasteiger partial charge >= 0.3 is 0 Å². The first kappa shape index (κ1) is 21.2. The summed E-state index contributed by atoms with van der Waals surface area (Å²) in [4.78, 5) is 13.6. The van der Waals surface area contributed by atoms with Gasteiger partial charge in [-0.1, -0.05) is 30.3 Å². The van der Waals surface area contributed by atoms with Gasteiger partial charge in [0.05, 0.1) is 0 Å². The maximum atomic E-state index is 11.3. The second-order valence-electron chi connectivity index (χ2n) is 7.82. The van der Waals surface area contributed by atoms with Gasteiger partial charge in [0, 0.05) is 41.1 Å². The molecule has 1 aliphatic rings. The molecule has 1 atom stereocenters. The molecule has 2 aromatic carbocycles. The van der Waals surface area contributed by atoms with Crippen LogP contribution < -0.4 is 10.1 Å². The number of hydrogen-bond donors (Lipinski definition) is 1. The molecule has 7 nitrogen and oxygen atoms in total. The van der Waals surface area contributed by atoms with E-state index in [9.17, 15) is 4.79 Å². The Morgan fingerprint density at radius 1 is 1.19 bits per heavy atom. The summed E-state index contributed by atoms with van der Waals surface area (Å²) in [5.74, 6) is 1.34. The molecule has 0 saturated carbocycles. The number of benzene rings is 2. The SMILES string of the molecule is CCOCOc1cc(C=O)ccc1-c1nnc(N[C@@H]2CCCN(C)C2)c2ccccc12. The molecule has 31 heavy (non-hydrogen) atoms. The molecule has 2 heterocycles. The summed E-state index contributed by atoms with van der Waals surface area (Å²) in [6.45, 7) is 4.67. The van der Waals surface area contributed by atoms with Crippen LogP contribution >= 0.6 is 0 Å². The van der Waals surface area contributed by atoms with E-state index in [0.29, 0.717) is 29.7 Å². The topological polar surface area (TPSA) is 76.6 Å². The normalized spacial score (nSPS) is 16.9. The minimum absolute atomic E-state index is 0.103. The third-order valence-corrected chi connectivity index (χ3v) is 5.55. The van der Waals surface area contributed by atoms with Crippen molar-refractivity contribution in [3.8, 4) is 17.0 Å². The lowest BCUT2D eigenvalue weighted by Gasteiger charge is -2.30. The van der Waals surface area contributed by atoms with Crippen LogP contribution in [0.1, 0.15) is 30.1 Å². The quantitative estimate of drug-likeness (QED) is 0.335. The van der Waals surface area contributed by atoms with Gasteiger partial charge < -0.3 is 19.7 Å². The van der Waals surface area contributed by atoms with Crippen molar-refractivity contribution in [3.05, 3.63) is 48.0 Å². The number of piperidine rings is 1. The van der Waals surface area contributed by atoms with Gasteiger partial charge in [0.15, 0.2) is 12.6 Å². The third kappa shape index (κ3) is 4.84. The monoisotopic (exact) mass is 420 g/mol. The van der Waals surface area contributed by atoms with Crippen LogP contribution in [0.5, 0.6) is 5.75 Å². The van der Waals surface area contributed by atoms with Gasteiger partial charge in [-0.15, -0.1) is 10.2 Å². The molecule has 0 amide bonds. The molecule has 0 aliphatic carbocycles. The molecular formula is C24H28N4O3. The summed E-state index contributed by atoms with van der Waals surface area (Å²) in [5.41, 5.74) is 2.02. The highest BCUT2D eigenvalue weighted by Crippen LogP contribution is 2.36. The highest BCUT2D eigenvalue weighted by Gasteiger charge is 2.20. The molecule has 3 aromatic rings. The Morgan fingerprint density at radius 2 is 2.03 bits per heavy atom. The van der Waals surface area contributed by atoms with Crippen LogP contribution in [0.15, 0.2) is 42.5 Å². The smallest absolute Gasteiger partial charge is 0.189 e. The minimum atomic E-state index is 0.103. The first-order valence-electron chi connectivity index (χ1n) is 10.7. The molecule has 7 heteroatoms. The van der Waals surface area contributed by atoms with Crippen molar-refractivity contribution in [1.29, 1.82) is 0 Å². The van der Waals surface area contributed by atoms with Gasteiger partial charge in [0.1, 0.15) is 17.7 Å². The number of ether oxygens (including phenoxy) is 2. The number of rotatable bonds is 8. The van der Waals surface area contributed by atoms with Crippen molar-refractivity contribution in [1.82, 2.24) is 15.1 Å². The first-order valence-corrected chi connectivity index (χ1v) is 10.7. The average Bonchev–Trinajstić information content (AvgIpc) is 2.80. The van der Waals surface area contributed by atoms with Crippen LogP contribution in [0.25, 0.3) is 22.0 Å². The highest BCUT2D eigenvalue weighted by atomic mass is 16.7. The summed E-state index contributed by atoms with van der Waals surface area (Å²) in [6.07, 6.45) is 3.08. The number of aldehydes is 1. The Kier molecular flexibility index (Phi) is 6.74. The van der Waals surface area contributed by atoms with Crippen molar-refractivity contribution in [2.45, 2.75) is 25.8 Å². The Bertz CT molecular complexity index is 1060. The molecule has 1 saturated heterocycles. The molecule has 162 valence electrons. The number of carbonyl (C=O) groups excluding carboxylic acids is 1. The van der Waals surface area contributed by atoms with E-state index in [0.717, 1.165) is 48.0 Å². The van der Waals surface area contributed by atoms with Gasteiger partial charge in [-0.25, -0.2) is 0 Å². The van der Waals surface area contributed by atoms with E-state index >= 15 is 0 Å². The zero-order chi connectivity index (χ0) is 21.6. The maximum Gasteiger partial charge on any atom is 0.189 e. The molecule has 0 spiro atoms. The van der Waals surface area contributed by atoms with Crippen LogP contribution in [0.2, 0.25) is 0 Å². The zero-order valence-electron chi connectivity index (χ0n) is 18.0. The number of aromatic nitrogens is 2. The van der Waals surface area contributed by atoms with E-state index in [-0.39, 0.29) is 6.79 Å². The van der Waals surface area contributed by atoms with E-state index in [1.54, 1.807) is 12.1 Å². The number of fused-ring (bicyclic) bond motifs is 1. The summed E-state index contributed by atoms with van der Waals surface area (Å²) in [7, 11) is 2.15. The highest BCUT2D eigenvalue weighted by molar-refractivity contribution is 6.01. The molecule has 1 N–H and O–H groups in total. The standard InChI is InChI=1S/C24H28N4O3/c1-3-30-16-31-22-13-17(15-29)10-11-21(22)23-19-8-4-5-9-20(19)24(27-26-23)25-18-7-6-12-28(2)14-18/h4-5,8-11,13,15,18H,3,6-7,12,14,16H2,1-2H3,(H,25,27)/t18-/m1/s1. The lowest BCUT2D eigenvalue weighted by Crippen LogP contribution is -2.40. The van der Waals surface area contributed by atoms with Crippen LogP contribution in [0.4, 0.5) is 5.82 Å². The molecule has 1 aliphatic heterocycles. The summed E-state index contributed by atoms with van der Waals surface area (Å²) in [5, 5.41) is 14.7. The summed E-state index contributed by atoms with van der Waals surface area (Å²) >= 11 is 0. The number of carbonyl (C=O) groups is 1. The number of nitrogens with zero attached hydrogens (tertiary/aromatic N) is 3. The van der Waals surface area contributed by atoms with Gasteiger partial charge in [0.25, 0.3) is 0 Å². The lowest BCUT2D eigenvalue weighted by molar-refractivity contribution is 0.0227. The fourth-order valence-corrected chi connectivity index (χ4v) is 4.00. The van der Waals surface area contributed by atoms with Crippen molar-refractivity contribution < 1.29 is 14.3 Å². The average molecular weight is 421 g/mol. The largest absolute Gasteiger partial charge is 0.467 e. The van der Waals surface area contributed by atoms with Gasteiger partial charge in [0.2, 0.25) is 0 Å². The molecule has 1 fully saturated rings. The molecule has 0 bridgehead atoms. The van der Waals surface area contributed by atoms with Gasteiger partial charge in [-0.2, -0.15) is 0 Å². The van der Waals surface area contributed by atoms with Crippen LogP contribution in [-0.4, -0.2) is 61.0 Å². The maximum absolute atomic E-state index is 11.3. The number of anilines is 1. The van der Waals surface area contributed by atoms with E-state index in [1.807, 2.05) is 31.2 Å². The van der Waals surface area contributed by atoms with Gasteiger partial charge in [-0.05, 0) is 45.5 Å². The van der Waals surface area contributed by atoms with E-state index in [4.69, 9.17) is 9.47 Å². The second-order valence-corrected chi connectivity index (χ2v) is 7.82. The van der Waals surface area contributed by atoms with E-state index < -0.39 is 0 Å². The van der Waals surface area contributed by atoms with E-state index in [1.165, 1.54) is 6.42 Å². The molecular weight excluding hydrogens is 392 g/mol. The fraction of sp³-hybridized carbons (Fsp3) is 0.375. The Morgan fingerprint density at radius 3 is 2.81 bits per heavy atom. The van der Waals surface area contributed by atoms with Crippen molar-refractivity contribution in [2.75, 3.05) is 38.9 Å². The first-order chi connectivity index (χ1) is 15.2. The van der Waals surface area contributed by atoms with E-state index in [2.05, 4.69) is 33.5 Å². The third-order valence-electron chi connectivity index (χ3n) is 5.55. The summed E-state index contributed by atoms with van der Waals surface area (Å²) < 4.78 is 11.2. The second kappa shape index (κ2) is 9.85. The lowest BCUT2D eigenvalue weighted by atomic mass is 10.0. The van der Waals surface area contributed by atoms with Crippen LogP contribution in [-0.2, 0) is 4.74 Å². The Labute approximate surface area is 182 Å². The van der Waals surface area contributed by atoms with Crippen LogP contribution in [0.3, 0.4) is 0 Å². The van der Waals surface area contributed by atoms with Gasteiger partial charge in [-0.3, -0.25) is 4.79 Å². The fourth-order valence-electron chi connectivity index (χ4n) is 4.00. The number of likely N-dealkylation sites (tertiary alicyclic amines) is 1. The molecule has 4 rings (SSSR count). The van der Waals surface area contributed by atoms with Crippen LogP contribution in [0, 0.1) is 0 Å². The zero-order valence-corrected chi connectivity index (χ0v) is 18.0. The van der Waals surface area contributed by atoms with Crippen molar-refractivity contribution in [3.63, 3.8) is 0 Å². The number of likely N-dealkylation sites (N-methyl/N-ethyl adjacent to an activating group) is 1. The number of hydrogen-bond acceptors (Lipinski definition) is 7. The Balaban J connectivity index is 1.73. The predicted octanol–water partition coefficient (Wildman–Crippen LogP) is 3.99. The predicted molar refractivity (Wildman–Crippen MR) is 122 cm³/mol.